The number of piperazine rings is 1. The van der Waals surface area contributed by atoms with Crippen molar-refractivity contribution in [1.82, 2.24) is 20.4 Å². The summed E-state index contributed by atoms with van der Waals surface area (Å²) in [4.78, 5) is 30.7. The minimum atomic E-state index is -0.247. The number of amides is 2. The molecule has 0 bridgehead atoms. The summed E-state index contributed by atoms with van der Waals surface area (Å²) >= 11 is 0. The van der Waals surface area contributed by atoms with E-state index in [-0.39, 0.29) is 17.9 Å². The molecule has 1 aliphatic heterocycles. The average molecular weight is 497 g/mol. The number of hydrogen-bond donors (Lipinski definition) is 3. The quantitative estimate of drug-likeness (QED) is 0.352. The molecule has 3 aromatic carbocycles. The standard InChI is InChI=1S/C29H32N6O2/c1-3-25(20-7-5-4-6-8-20)30-29(37)22-11-14-26-24(19-22)27(33-32-26)31-28(36)21-9-12-23(13-10-21)35-17-15-34(2)16-18-35/h4-14,19,25H,3,15-18H2,1-2H3,(H,30,37)(H2,31,32,33,36)/t25-/m0/s1. The molecule has 1 fully saturated rings. The SMILES string of the molecule is CC[C@H](NC(=O)c1ccc2[nH]nc(NC(=O)c3ccc(N4CCN(C)CC4)cc3)c2c1)c1ccccc1. The number of rotatable bonds is 7. The van der Waals surface area contributed by atoms with Crippen LogP contribution in [0.2, 0.25) is 0 Å². The van der Waals surface area contributed by atoms with Gasteiger partial charge in [0.15, 0.2) is 5.82 Å². The van der Waals surface area contributed by atoms with Crippen LogP contribution in [0.5, 0.6) is 0 Å². The van der Waals surface area contributed by atoms with Gasteiger partial charge in [-0.3, -0.25) is 14.7 Å². The molecule has 2 heterocycles. The van der Waals surface area contributed by atoms with E-state index in [9.17, 15) is 9.59 Å². The number of nitrogens with one attached hydrogen (secondary N) is 3. The Hall–Kier alpha value is -4.17. The second-order valence-corrected chi connectivity index (χ2v) is 9.47. The number of H-pyrrole nitrogens is 1. The molecule has 1 atom stereocenters. The number of carbonyl (C=O) groups is 2. The zero-order chi connectivity index (χ0) is 25.8. The van der Waals surface area contributed by atoms with Gasteiger partial charge in [-0.2, -0.15) is 5.10 Å². The number of aromatic amines is 1. The second-order valence-electron chi connectivity index (χ2n) is 9.47. The molecule has 0 aliphatic carbocycles. The number of carbonyl (C=O) groups excluding carboxylic acids is 2. The molecule has 1 aromatic heterocycles. The smallest absolute Gasteiger partial charge is 0.256 e. The highest BCUT2D eigenvalue weighted by Gasteiger charge is 2.18. The average Bonchev–Trinajstić information content (AvgIpc) is 3.34. The Bertz CT molecular complexity index is 1370. The van der Waals surface area contributed by atoms with Gasteiger partial charge in [-0.05, 0) is 61.5 Å². The van der Waals surface area contributed by atoms with E-state index in [1.54, 1.807) is 18.2 Å². The minimum Gasteiger partial charge on any atom is -0.369 e. The molecule has 37 heavy (non-hydrogen) atoms. The Morgan fingerprint density at radius 1 is 0.919 bits per heavy atom. The monoisotopic (exact) mass is 496 g/mol. The van der Waals surface area contributed by atoms with E-state index in [4.69, 9.17) is 0 Å². The largest absolute Gasteiger partial charge is 0.369 e. The van der Waals surface area contributed by atoms with Gasteiger partial charge in [-0.25, -0.2) is 0 Å². The molecular formula is C29H32N6O2. The van der Waals surface area contributed by atoms with Crippen LogP contribution in [0, 0.1) is 0 Å². The molecule has 5 rings (SSSR count). The molecule has 0 spiro atoms. The molecule has 1 aliphatic rings. The van der Waals surface area contributed by atoms with E-state index in [1.165, 1.54) is 0 Å². The first kappa shape index (κ1) is 24.5. The van der Waals surface area contributed by atoms with Gasteiger partial charge in [0.1, 0.15) is 0 Å². The minimum absolute atomic E-state index is 0.0817. The van der Waals surface area contributed by atoms with E-state index in [1.807, 2.05) is 61.5 Å². The van der Waals surface area contributed by atoms with Crippen molar-refractivity contribution in [3.8, 4) is 0 Å². The molecule has 3 N–H and O–H groups in total. The molecule has 190 valence electrons. The lowest BCUT2D eigenvalue weighted by atomic mass is 10.0. The molecule has 4 aromatic rings. The fraction of sp³-hybridized carbons (Fsp3) is 0.276. The summed E-state index contributed by atoms with van der Waals surface area (Å²) < 4.78 is 0. The Labute approximate surface area is 216 Å². The van der Waals surface area contributed by atoms with Crippen molar-refractivity contribution in [2.75, 3.05) is 43.4 Å². The van der Waals surface area contributed by atoms with Crippen LogP contribution in [0.3, 0.4) is 0 Å². The van der Waals surface area contributed by atoms with Crippen molar-refractivity contribution in [3.05, 3.63) is 89.5 Å². The van der Waals surface area contributed by atoms with Crippen LogP contribution >= 0.6 is 0 Å². The van der Waals surface area contributed by atoms with Crippen LogP contribution in [0.1, 0.15) is 45.7 Å². The van der Waals surface area contributed by atoms with Gasteiger partial charge in [0, 0.05) is 48.4 Å². The van der Waals surface area contributed by atoms with E-state index in [0.717, 1.165) is 49.4 Å². The predicted octanol–water partition coefficient (Wildman–Crippen LogP) is 4.45. The zero-order valence-electron chi connectivity index (χ0n) is 21.2. The Balaban J connectivity index is 1.29. The first-order chi connectivity index (χ1) is 18.0. The van der Waals surface area contributed by atoms with Gasteiger partial charge in [0.25, 0.3) is 11.8 Å². The number of aromatic nitrogens is 2. The fourth-order valence-corrected chi connectivity index (χ4v) is 4.67. The highest BCUT2D eigenvalue weighted by molar-refractivity contribution is 6.09. The first-order valence-corrected chi connectivity index (χ1v) is 12.7. The molecule has 2 amide bonds. The Kier molecular flexibility index (Phi) is 7.18. The van der Waals surface area contributed by atoms with Crippen LogP contribution in [0.15, 0.2) is 72.8 Å². The maximum Gasteiger partial charge on any atom is 0.256 e. The van der Waals surface area contributed by atoms with Crippen molar-refractivity contribution in [1.29, 1.82) is 0 Å². The summed E-state index contributed by atoms with van der Waals surface area (Å²) in [6.45, 7) is 6.05. The van der Waals surface area contributed by atoms with E-state index < -0.39 is 0 Å². The molecule has 8 nitrogen and oxygen atoms in total. The molecule has 1 saturated heterocycles. The van der Waals surface area contributed by atoms with Crippen LogP contribution in [-0.4, -0.2) is 60.1 Å². The summed E-state index contributed by atoms with van der Waals surface area (Å²) in [5.74, 6) is -0.0215. The van der Waals surface area contributed by atoms with E-state index in [0.29, 0.717) is 22.3 Å². The normalized spacial score (nSPS) is 14.9. The second kappa shape index (κ2) is 10.8. The van der Waals surface area contributed by atoms with Gasteiger partial charge in [0.2, 0.25) is 0 Å². The van der Waals surface area contributed by atoms with Crippen molar-refractivity contribution in [3.63, 3.8) is 0 Å². The van der Waals surface area contributed by atoms with Gasteiger partial charge in [0.05, 0.1) is 11.6 Å². The highest BCUT2D eigenvalue weighted by Crippen LogP contribution is 2.24. The van der Waals surface area contributed by atoms with Crippen LogP contribution < -0.4 is 15.5 Å². The lowest BCUT2D eigenvalue weighted by Crippen LogP contribution is -2.44. The van der Waals surface area contributed by atoms with Crippen molar-refractivity contribution >= 4 is 34.2 Å². The third kappa shape index (κ3) is 5.49. The maximum absolute atomic E-state index is 13.1. The number of likely N-dealkylation sites (N-methyl/N-ethyl adjacent to an activating group) is 1. The first-order valence-electron chi connectivity index (χ1n) is 12.7. The molecule has 8 heteroatoms. The maximum atomic E-state index is 13.1. The number of hydrogen-bond acceptors (Lipinski definition) is 5. The Morgan fingerprint density at radius 3 is 2.32 bits per heavy atom. The number of anilines is 2. The predicted molar refractivity (Wildman–Crippen MR) is 147 cm³/mol. The summed E-state index contributed by atoms with van der Waals surface area (Å²) in [6.07, 6.45) is 0.776. The summed E-state index contributed by atoms with van der Waals surface area (Å²) in [5, 5.41) is 13.9. The third-order valence-corrected chi connectivity index (χ3v) is 6.97. The lowest BCUT2D eigenvalue weighted by Gasteiger charge is -2.34. The molecule has 0 radical (unpaired) electrons. The van der Waals surface area contributed by atoms with Crippen molar-refractivity contribution in [2.24, 2.45) is 0 Å². The van der Waals surface area contributed by atoms with Gasteiger partial charge in [-0.1, -0.05) is 37.3 Å². The lowest BCUT2D eigenvalue weighted by molar-refractivity contribution is 0.0935. The van der Waals surface area contributed by atoms with Crippen molar-refractivity contribution in [2.45, 2.75) is 19.4 Å². The number of nitrogens with zero attached hydrogens (tertiary/aromatic N) is 3. The number of fused-ring (bicyclic) bond motifs is 1. The van der Waals surface area contributed by atoms with Gasteiger partial charge in [-0.15, -0.1) is 0 Å². The fourth-order valence-electron chi connectivity index (χ4n) is 4.67. The topological polar surface area (TPSA) is 93.4 Å². The number of benzene rings is 3. The van der Waals surface area contributed by atoms with Crippen molar-refractivity contribution < 1.29 is 9.59 Å². The van der Waals surface area contributed by atoms with Gasteiger partial charge >= 0.3 is 0 Å². The summed E-state index contributed by atoms with van der Waals surface area (Å²) in [7, 11) is 2.13. The molecular weight excluding hydrogens is 464 g/mol. The summed E-state index contributed by atoms with van der Waals surface area (Å²) in [5.41, 5.74) is 3.99. The Morgan fingerprint density at radius 2 is 1.62 bits per heavy atom. The van der Waals surface area contributed by atoms with E-state index in [2.05, 4.69) is 37.7 Å². The molecule has 0 unspecified atom stereocenters. The zero-order valence-corrected chi connectivity index (χ0v) is 21.2. The van der Waals surface area contributed by atoms with Crippen LogP contribution in [0.25, 0.3) is 10.9 Å². The van der Waals surface area contributed by atoms with Crippen LogP contribution in [-0.2, 0) is 0 Å². The van der Waals surface area contributed by atoms with Gasteiger partial charge < -0.3 is 20.4 Å². The highest BCUT2D eigenvalue weighted by atomic mass is 16.2. The third-order valence-electron chi connectivity index (χ3n) is 6.97. The van der Waals surface area contributed by atoms with E-state index >= 15 is 0 Å². The summed E-state index contributed by atoms with van der Waals surface area (Å²) in [6, 6.07) is 22.8. The van der Waals surface area contributed by atoms with Crippen LogP contribution in [0.4, 0.5) is 11.5 Å². The molecule has 0 saturated carbocycles.